The number of nitrogen functional groups attached to an aromatic ring is 1. The normalized spacial score (nSPS) is 10.5. The molecule has 0 aliphatic carbocycles. The maximum Gasteiger partial charge on any atom is 0.255 e. The van der Waals surface area contributed by atoms with Gasteiger partial charge in [0.1, 0.15) is 5.82 Å². The Morgan fingerprint density at radius 1 is 1.24 bits per heavy atom. The number of nitrogens with one attached hydrogen (secondary N) is 2. The van der Waals surface area contributed by atoms with Crippen molar-refractivity contribution in [3.05, 3.63) is 53.2 Å². The van der Waals surface area contributed by atoms with E-state index in [0.717, 1.165) is 16.9 Å². The third-order valence-electron chi connectivity index (χ3n) is 3.24. The maximum atomic E-state index is 12.4. The number of carbonyl (C=O) groups is 1. The van der Waals surface area contributed by atoms with E-state index in [1.807, 2.05) is 45.0 Å². The molecule has 0 atom stereocenters. The predicted molar refractivity (Wildman–Crippen MR) is 85.3 cm³/mol. The van der Waals surface area contributed by atoms with Gasteiger partial charge in [-0.05, 0) is 36.6 Å². The average Bonchev–Trinajstić information content (AvgIpc) is 2.49. The quantitative estimate of drug-likeness (QED) is 0.595. The molecule has 4 N–H and O–H groups in total. The molecule has 0 unspecified atom stereocenters. The summed E-state index contributed by atoms with van der Waals surface area (Å²) < 4.78 is 0. The van der Waals surface area contributed by atoms with Crippen LogP contribution in [0.25, 0.3) is 0 Å². The lowest BCUT2D eigenvalue weighted by molar-refractivity contribution is 0.102. The molecular weight excluding hydrogens is 264 g/mol. The van der Waals surface area contributed by atoms with Crippen molar-refractivity contribution >= 4 is 17.4 Å². The Morgan fingerprint density at radius 2 is 1.95 bits per heavy atom. The first-order valence-corrected chi connectivity index (χ1v) is 6.87. The summed E-state index contributed by atoms with van der Waals surface area (Å²) in [7, 11) is 0. The van der Waals surface area contributed by atoms with Crippen molar-refractivity contribution in [3.63, 3.8) is 0 Å². The van der Waals surface area contributed by atoms with Gasteiger partial charge in [0, 0.05) is 16.9 Å². The number of nitrogens with two attached hydrogens (primary N) is 1. The minimum atomic E-state index is -0.176. The predicted octanol–water partition coefficient (Wildman–Crippen LogP) is 3.05. The highest BCUT2D eigenvalue weighted by atomic mass is 16.1. The van der Waals surface area contributed by atoms with Gasteiger partial charge in [-0.3, -0.25) is 4.79 Å². The molecule has 0 bridgehead atoms. The van der Waals surface area contributed by atoms with Crippen molar-refractivity contribution in [2.45, 2.75) is 26.7 Å². The fraction of sp³-hybridized carbons (Fsp3) is 0.250. The Kier molecular flexibility index (Phi) is 4.55. The van der Waals surface area contributed by atoms with Gasteiger partial charge in [0.2, 0.25) is 0 Å². The van der Waals surface area contributed by atoms with E-state index in [9.17, 15) is 4.79 Å². The molecule has 2 rings (SSSR count). The number of carbonyl (C=O) groups excluding carboxylic acids is 1. The molecule has 1 aromatic heterocycles. The van der Waals surface area contributed by atoms with Crippen LogP contribution >= 0.6 is 0 Å². The summed E-state index contributed by atoms with van der Waals surface area (Å²) in [6.07, 6.45) is 0. The fourth-order valence-electron chi connectivity index (χ4n) is 1.96. The zero-order chi connectivity index (χ0) is 15.4. The molecule has 0 aliphatic rings. The van der Waals surface area contributed by atoms with E-state index >= 15 is 0 Å². The number of amides is 1. The standard InChI is InChI=1S/C16H20N4O/c1-10(2)14-8-12(9-15(18-14)20-17)16(21)19-13-7-5-4-6-11(13)3/h4-10H,17H2,1-3H3,(H,18,20)(H,19,21). The average molecular weight is 284 g/mol. The zero-order valence-corrected chi connectivity index (χ0v) is 12.5. The number of anilines is 2. The number of hydrazine groups is 1. The van der Waals surface area contributed by atoms with Crippen molar-refractivity contribution in [2.75, 3.05) is 10.7 Å². The second kappa shape index (κ2) is 6.37. The number of aryl methyl sites for hydroxylation is 1. The second-order valence-corrected chi connectivity index (χ2v) is 5.23. The summed E-state index contributed by atoms with van der Waals surface area (Å²) in [5.41, 5.74) is 5.67. The van der Waals surface area contributed by atoms with E-state index in [1.54, 1.807) is 12.1 Å². The van der Waals surface area contributed by atoms with Gasteiger partial charge in [-0.25, -0.2) is 10.8 Å². The molecule has 0 fully saturated rings. The monoisotopic (exact) mass is 284 g/mol. The Bertz CT molecular complexity index is 652. The Hall–Kier alpha value is -2.40. The number of pyridine rings is 1. The largest absolute Gasteiger partial charge is 0.322 e. The van der Waals surface area contributed by atoms with Gasteiger partial charge >= 0.3 is 0 Å². The maximum absolute atomic E-state index is 12.4. The first-order chi connectivity index (χ1) is 10.0. The van der Waals surface area contributed by atoms with Crippen LogP contribution in [0, 0.1) is 6.92 Å². The molecule has 5 heteroatoms. The molecule has 0 aliphatic heterocycles. The Morgan fingerprint density at radius 3 is 2.57 bits per heavy atom. The molecule has 1 aromatic carbocycles. The number of para-hydroxylation sites is 1. The van der Waals surface area contributed by atoms with Crippen LogP contribution < -0.4 is 16.6 Å². The molecule has 110 valence electrons. The highest BCUT2D eigenvalue weighted by Crippen LogP contribution is 2.19. The van der Waals surface area contributed by atoms with Crippen LogP contribution in [0.15, 0.2) is 36.4 Å². The van der Waals surface area contributed by atoms with E-state index in [-0.39, 0.29) is 11.8 Å². The number of rotatable bonds is 4. The van der Waals surface area contributed by atoms with Gasteiger partial charge < -0.3 is 10.7 Å². The smallest absolute Gasteiger partial charge is 0.255 e. The van der Waals surface area contributed by atoms with Gasteiger partial charge in [0.15, 0.2) is 0 Å². The summed E-state index contributed by atoms with van der Waals surface area (Å²) >= 11 is 0. The molecule has 5 nitrogen and oxygen atoms in total. The summed E-state index contributed by atoms with van der Waals surface area (Å²) in [6, 6.07) is 11.1. The van der Waals surface area contributed by atoms with Crippen LogP contribution in [0.1, 0.15) is 41.4 Å². The SMILES string of the molecule is Cc1ccccc1NC(=O)c1cc(NN)nc(C(C)C)c1. The van der Waals surface area contributed by atoms with Crippen LogP contribution in [0.5, 0.6) is 0 Å². The number of aromatic nitrogens is 1. The summed E-state index contributed by atoms with van der Waals surface area (Å²) in [5.74, 6) is 5.94. The number of hydrogen-bond acceptors (Lipinski definition) is 4. The van der Waals surface area contributed by atoms with E-state index in [2.05, 4.69) is 15.7 Å². The van der Waals surface area contributed by atoms with Gasteiger partial charge in [-0.2, -0.15) is 0 Å². The first-order valence-electron chi connectivity index (χ1n) is 6.87. The minimum absolute atomic E-state index is 0.176. The van der Waals surface area contributed by atoms with Crippen molar-refractivity contribution in [1.82, 2.24) is 4.98 Å². The Labute approximate surface area is 124 Å². The molecule has 21 heavy (non-hydrogen) atoms. The van der Waals surface area contributed by atoms with Crippen LogP contribution in [-0.2, 0) is 0 Å². The van der Waals surface area contributed by atoms with Crippen molar-refractivity contribution in [3.8, 4) is 0 Å². The van der Waals surface area contributed by atoms with E-state index < -0.39 is 0 Å². The van der Waals surface area contributed by atoms with Gasteiger partial charge in [-0.15, -0.1) is 0 Å². The second-order valence-electron chi connectivity index (χ2n) is 5.23. The van der Waals surface area contributed by atoms with Gasteiger partial charge in [0.05, 0.1) is 0 Å². The van der Waals surface area contributed by atoms with Crippen LogP contribution in [0.3, 0.4) is 0 Å². The zero-order valence-electron chi connectivity index (χ0n) is 12.5. The van der Waals surface area contributed by atoms with Gasteiger partial charge in [-0.1, -0.05) is 32.0 Å². The Balaban J connectivity index is 2.30. The minimum Gasteiger partial charge on any atom is -0.322 e. The van der Waals surface area contributed by atoms with E-state index in [0.29, 0.717) is 11.4 Å². The highest BCUT2D eigenvalue weighted by Gasteiger charge is 2.12. The fourth-order valence-corrected chi connectivity index (χ4v) is 1.96. The number of benzene rings is 1. The molecule has 0 radical (unpaired) electrons. The van der Waals surface area contributed by atoms with E-state index in [4.69, 9.17) is 5.84 Å². The summed E-state index contributed by atoms with van der Waals surface area (Å²) in [6.45, 7) is 5.99. The number of nitrogens with zero attached hydrogens (tertiary/aromatic N) is 1. The highest BCUT2D eigenvalue weighted by molar-refractivity contribution is 6.05. The van der Waals surface area contributed by atoms with Crippen LogP contribution in [0.2, 0.25) is 0 Å². The lowest BCUT2D eigenvalue weighted by atomic mass is 10.1. The molecule has 1 heterocycles. The van der Waals surface area contributed by atoms with E-state index in [1.165, 1.54) is 0 Å². The molecule has 0 saturated heterocycles. The third kappa shape index (κ3) is 3.58. The van der Waals surface area contributed by atoms with Crippen molar-refractivity contribution < 1.29 is 4.79 Å². The van der Waals surface area contributed by atoms with Crippen molar-refractivity contribution in [2.24, 2.45) is 5.84 Å². The molecule has 2 aromatic rings. The lowest BCUT2D eigenvalue weighted by Gasteiger charge is -2.12. The topological polar surface area (TPSA) is 80.0 Å². The lowest BCUT2D eigenvalue weighted by Crippen LogP contribution is -2.16. The third-order valence-corrected chi connectivity index (χ3v) is 3.24. The first kappa shape index (κ1) is 15.0. The number of hydrogen-bond donors (Lipinski definition) is 3. The molecule has 0 saturated carbocycles. The molecule has 1 amide bonds. The summed E-state index contributed by atoms with van der Waals surface area (Å²) in [5, 5.41) is 2.91. The van der Waals surface area contributed by atoms with Crippen LogP contribution in [0.4, 0.5) is 11.5 Å². The van der Waals surface area contributed by atoms with Crippen molar-refractivity contribution in [1.29, 1.82) is 0 Å². The summed E-state index contributed by atoms with van der Waals surface area (Å²) in [4.78, 5) is 16.7. The van der Waals surface area contributed by atoms with Crippen LogP contribution in [-0.4, -0.2) is 10.9 Å². The molecule has 0 spiro atoms. The van der Waals surface area contributed by atoms with Gasteiger partial charge in [0.25, 0.3) is 5.91 Å². The molecular formula is C16H20N4O.